The Hall–Kier alpha value is -1.14. The molecule has 0 saturated heterocycles. The number of nitrogens with zero attached hydrogens (tertiary/aromatic N) is 2. The third kappa shape index (κ3) is 25.8. The standard InChI is InChI=1S/C37H74N2O4/c1-7-9-11-13-15-17-19-21-23-25-31-42-33-37(29-27-35(40)38(3)4,30-28-36(41)39(5)6)34-43-32-26-24-22-20-18-16-14-12-10-8-2/h7-34H2,1-6H3. The normalized spacial score (nSPS) is 11.7. The van der Waals surface area contributed by atoms with Gasteiger partial charge in [0.2, 0.25) is 11.8 Å². The molecular weight excluding hydrogens is 536 g/mol. The molecule has 0 aliphatic carbocycles. The largest absolute Gasteiger partial charge is 0.381 e. The monoisotopic (exact) mass is 611 g/mol. The highest BCUT2D eigenvalue weighted by Gasteiger charge is 2.33. The van der Waals surface area contributed by atoms with Gasteiger partial charge < -0.3 is 19.3 Å². The fraction of sp³-hybridized carbons (Fsp3) is 0.946. The first-order valence-electron chi connectivity index (χ1n) is 18.3. The van der Waals surface area contributed by atoms with Crippen molar-refractivity contribution in [3.8, 4) is 0 Å². The number of rotatable bonds is 32. The van der Waals surface area contributed by atoms with Crippen molar-refractivity contribution in [2.75, 3.05) is 54.6 Å². The number of ether oxygens (including phenoxy) is 2. The summed E-state index contributed by atoms with van der Waals surface area (Å²) < 4.78 is 12.6. The van der Waals surface area contributed by atoms with Crippen molar-refractivity contribution < 1.29 is 19.1 Å². The molecule has 6 heteroatoms. The Morgan fingerprint density at radius 2 is 0.744 bits per heavy atom. The lowest BCUT2D eigenvalue weighted by Crippen LogP contribution is -2.36. The summed E-state index contributed by atoms with van der Waals surface area (Å²) in [5.74, 6) is 0.236. The summed E-state index contributed by atoms with van der Waals surface area (Å²) in [7, 11) is 7.23. The maximum Gasteiger partial charge on any atom is 0.222 e. The van der Waals surface area contributed by atoms with E-state index in [4.69, 9.17) is 9.47 Å². The van der Waals surface area contributed by atoms with Crippen LogP contribution in [0, 0.1) is 5.41 Å². The summed E-state index contributed by atoms with van der Waals surface area (Å²) in [5.41, 5.74) is -0.325. The molecule has 0 bridgehead atoms. The van der Waals surface area contributed by atoms with Crippen LogP contribution in [-0.2, 0) is 19.1 Å². The Labute approximate surface area is 268 Å². The maximum absolute atomic E-state index is 12.6. The van der Waals surface area contributed by atoms with E-state index in [1.807, 2.05) is 28.2 Å². The zero-order valence-corrected chi connectivity index (χ0v) is 29.8. The summed E-state index contributed by atoms with van der Waals surface area (Å²) >= 11 is 0. The van der Waals surface area contributed by atoms with Crippen LogP contribution in [0.25, 0.3) is 0 Å². The van der Waals surface area contributed by atoms with Crippen molar-refractivity contribution in [2.45, 2.75) is 168 Å². The highest BCUT2D eigenvalue weighted by molar-refractivity contribution is 5.76. The van der Waals surface area contributed by atoms with E-state index in [2.05, 4.69) is 13.8 Å². The van der Waals surface area contributed by atoms with Crippen LogP contribution in [0.5, 0.6) is 0 Å². The number of hydrogen-bond acceptors (Lipinski definition) is 4. The lowest BCUT2D eigenvalue weighted by atomic mass is 9.80. The van der Waals surface area contributed by atoms with E-state index >= 15 is 0 Å². The average Bonchev–Trinajstić information content (AvgIpc) is 2.99. The van der Waals surface area contributed by atoms with Gasteiger partial charge in [0.05, 0.1) is 13.2 Å². The van der Waals surface area contributed by atoms with Crippen LogP contribution >= 0.6 is 0 Å². The minimum Gasteiger partial charge on any atom is -0.381 e. The lowest BCUT2D eigenvalue weighted by Gasteiger charge is -2.34. The van der Waals surface area contributed by atoms with Gasteiger partial charge in [0.15, 0.2) is 0 Å². The summed E-state index contributed by atoms with van der Waals surface area (Å²) in [5, 5.41) is 0. The van der Waals surface area contributed by atoms with Gasteiger partial charge in [-0.2, -0.15) is 0 Å². The van der Waals surface area contributed by atoms with Crippen LogP contribution in [0.15, 0.2) is 0 Å². The van der Waals surface area contributed by atoms with Gasteiger partial charge in [-0.05, 0) is 25.7 Å². The molecule has 0 aromatic carbocycles. The zero-order valence-electron chi connectivity index (χ0n) is 29.8. The molecule has 0 aromatic rings. The molecule has 0 heterocycles. The van der Waals surface area contributed by atoms with Gasteiger partial charge in [-0.25, -0.2) is 0 Å². The zero-order chi connectivity index (χ0) is 32.0. The number of carbonyl (C=O) groups is 2. The fourth-order valence-corrected chi connectivity index (χ4v) is 5.61. The van der Waals surface area contributed by atoms with Gasteiger partial charge in [0.25, 0.3) is 0 Å². The minimum absolute atomic E-state index is 0.118. The van der Waals surface area contributed by atoms with Gasteiger partial charge in [0.1, 0.15) is 0 Å². The van der Waals surface area contributed by atoms with Crippen molar-refractivity contribution in [1.29, 1.82) is 0 Å². The lowest BCUT2D eigenvalue weighted by molar-refractivity contribution is -0.131. The second-order valence-electron chi connectivity index (χ2n) is 13.5. The van der Waals surface area contributed by atoms with Crippen molar-refractivity contribution in [2.24, 2.45) is 5.41 Å². The topological polar surface area (TPSA) is 59.1 Å². The molecule has 0 radical (unpaired) electrons. The van der Waals surface area contributed by atoms with Crippen molar-refractivity contribution in [1.82, 2.24) is 9.80 Å². The Kier molecular flexibility index (Phi) is 28.8. The van der Waals surface area contributed by atoms with Crippen LogP contribution in [0.3, 0.4) is 0 Å². The van der Waals surface area contributed by atoms with Crippen LogP contribution < -0.4 is 0 Å². The molecule has 0 saturated carbocycles. The second-order valence-corrected chi connectivity index (χ2v) is 13.5. The van der Waals surface area contributed by atoms with Crippen molar-refractivity contribution in [3.63, 3.8) is 0 Å². The molecule has 0 fully saturated rings. The molecule has 2 amide bonds. The van der Waals surface area contributed by atoms with E-state index in [0.717, 1.165) is 26.1 Å². The Balaban J connectivity index is 4.73. The van der Waals surface area contributed by atoms with Crippen LogP contribution in [0.4, 0.5) is 0 Å². The number of unbranched alkanes of at least 4 members (excludes halogenated alkanes) is 18. The van der Waals surface area contributed by atoms with Crippen LogP contribution in [0.1, 0.15) is 168 Å². The predicted octanol–water partition coefficient (Wildman–Crippen LogP) is 9.58. The molecule has 0 spiro atoms. The highest BCUT2D eigenvalue weighted by atomic mass is 16.5. The first-order chi connectivity index (χ1) is 20.8. The number of carbonyl (C=O) groups excluding carboxylic acids is 2. The Morgan fingerprint density at radius 3 is 1.02 bits per heavy atom. The maximum atomic E-state index is 12.6. The van der Waals surface area contributed by atoms with Crippen LogP contribution in [-0.4, -0.2) is 76.2 Å². The van der Waals surface area contributed by atoms with E-state index in [-0.39, 0.29) is 17.2 Å². The van der Waals surface area contributed by atoms with E-state index in [1.165, 1.54) is 116 Å². The third-order valence-electron chi connectivity index (χ3n) is 8.84. The quantitative estimate of drug-likeness (QED) is 0.0712. The summed E-state index contributed by atoms with van der Waals surface area (Å²) in [6.07, 6.45) is 28.3. The number of hydrogen-bond donors (Lipinski definition) is 0. The Morgan fingerprint density at radius 1 is 0.465 bits per heavy atom. The molecule has 0 N–H and O–H groups in total. The first kappa shape index (κ1) is 41.9. The predicted molar refractivity (Wildman–Crippen MR) is 184 cm³/mol. The van der Waals surface area contributed by atoms with Gasteiger partial charge in [-0.3, -0.25) is 9.59 Å². The molecule has 43 heavy (non-hydrogen) atoms. The highest BCUT2D eigenvalue weighted by Crippen LogP contribution is 2.32. The molecule has 256 valence electrons. The van der Waals surface area contributed by atoms with E-state index in [1.54, 1.807) is 9.80 Å². The first-order valence-corrected chi connectivity index (χ1v) is 18.3. The third-order valence-corrected chi connectivity index (χ3v) is 8.84. The van der Waals surface area contributed by atoms with Gasteiger partial charge in [0, 0.05) is 59.7 Å². The summed E-state index contributed by atoms with van der Waals surface area (Å²) in [6.45, 7) is 7.10. The second kappa shape index (κ2) is 29.6. The fourth-order valence-electron chi connectivity index (χ4n) is 5.61. The molecule has 0 aromatic heterocycles. The number of amides is 2. The van der Waals surface area contributed by atoms with Gasteiger partial charge in [-0.15, -0.1) is 0 Å². The summed E-state index contributed by atoms with van der Waals surface area (Å²) in [6, 6.07) is 0. The SMILES string of the molecule is CCCCCCCCCCCCOCC(CCC(=O)N(C)C)(CCC(=O)N(C)C)COCCCCCCCCCCCC. The molecule has 6 nitrogen and oxygen atoms in total. The van der Waals surface area contributed by atoms with Crippen molar-refractivity contribution in [3.05, 3.63) is 0 Å². The minimum atomic E-state index is -0.325. The molecular formula is C37H74N2O4. The van der Waals surface area contributed by atoms with Crippen LogP contribution in [0.2, 0.25) is 0 Å². The van der Waals surface area contributed by atoms with Gasteiger partial charge >= 0.3 is 0 Å². The molecule has 0 unspecified atom stereocenters. The average molecular weight is 611 g/mol. The van der Waals surface area contributed by atoms with Crippen molar-refractivity contribution >= 4 is 11.8 Å². The van der Waals surface area contributed by atoms with E-state index in [9.17, 15) is 9.59 Å². The molecule has 0 atom stereocenters. The Bertz CT molecular complexity index is 584. The smallest absolute Gasteiger partial charge is 0.222 e. The van der Waals surface area contributed by atoms with E-state index in [0.29, 0.717) is 38.9 Å². The summed E-state index contributed by atoms with van der Waals surface area (Å²) in [4.78, 5) is 28.4. The molecule has 0 aliphatic heterocycles. The molecule has 0 rings (SSSR count). The molecule has 0 aliphatic rings. The van der Waals surface area contributed by atoms with Gasteiger partial charge in [-0.1, -0.05) is 129 Å². The van der Waals surface area contributed by atoms with E-state index < -0.39 is 0 Å².